The highest BCUT2D eigenvalue weighted by atomic mass is 32.1. The van der Waals surface area contributed by atoms with Gasteiger partial charge in [0.05, 0.1) is 29.7 Å². The van der Waals surface area contributed by atoms with Crippen molar-refractivity contribution >= 4 is 27.5 Å². The van der Waals surface area contributed by atoms with Crippen LogP contribution in [0.4, 0.5) is 0 Å². The van der Waals surface area contributed by atoms with Gasteiger partial charge in [0.25, 0.3) is 11.5 Å². The lowest BCUT2D eigenvalue weighted by Crippen LogP contribution is -2.42. The first-order valence-electron chi connectivity index (χ1n) is 8.47. The molecular weight excluding hydrogens is 350 g/mol. The molecule has 1 amide bonds. The number of nitrogens with zero attached hydrogens (tertiary/aromatic N) is 3. The molecule has 0 bridgehead atoms. The number of carbonyl (C=O) groups excluding carboxylic acids is 1. The Balaban J connectivity index is 1.65. The Bertz CT molecular complexity index is 1030. The third-order valence-corrected chi connectivity index (χ3v) is 5.92. The van der Waals surface area contributed by atoms with Gasteiger partial charge < -0.3 is 14.2 Å². The van der Waals surface area contributed by atoms with Crippen molar-refractivity contribution in [1.82, 2.24) is 14.5 Å². The number of rotatable bonds is 2. The Morgan fingerprint density at radius 3 is 2.85 bits per heavy atom. The van der Waals surface area contributed by atoms with Gasteiger partial charge in [-0.05, 0) is 18.1 Å². The van der Waals surface area contributed by atoms with E-state index in [0.29, 0.717) is 40.4 Å². The molecule has 0 saturated carbocycles. The van der Waals surface area contributed by atoms with Gasteiger partial charge in [0.1, 0.15) is 10.9 Å². The standard InChI is InChI=1S/C19H19N3O3S/c1-12-15-17(20-11-21(2)18(15)23)26-16(12)19(24)22-8-9-25-14(10-22)13-6-4-3-5-7-13/h3-7,11,14H,8-10H2,1-2H3. The molecule has 3 heterocycles. The normalized spacial score (nSPS) is 17.6. The summed E-state index contributed by atoms with van der Waals surface area (Å²) in [5.74, 6) is -0.0585. The van der Waals surface area contributed by atoms with Crippen LogP contribution in [0.5, 0.6) is 0 Å². The molecule has 1 aliphatic heterocycles. The summed E-state index contributed by atoms with van der Waals surface area (Å²) in [4.78, 5) is 32.8. The van der Waals surface area contributed by atoms with Gasteiger partial charge in [-0.3, -0.25) is 9.59 Å². The summed E-state index contributed by atoms with van der Waals surface area (Å²) in [6.45, 7) is 3.36. The third-order valence-electron chi connectivity index (χ3n) is 4.73. The lowest BCUT2D eigenvalue weighted by Gasteiger charge is -2.33. The van der Waals surface area contributed by atoms with E-state index in [1.54, 1.807) is 7.05 Å². The fourth-order valence-electron chi connectivity index (χ4n) is 3.26. The molecule has 6 nitrogen and oxygen atoms in total. The van der Waals surface area contributed by atoms with Crippen LogP contribution in [0.2, 0.25) is 0 Å². The highest BCUT2D eigenvalue weighted by molar-refractivity contribution is 7.20. The van der Waals surface area contributed by atoms with Crippen LogP contribution in [0.1, 0.15) is 26.9 Å². The van der Waals surface area contributed by atoms with Crippen molar-refractivity contribution in [2.45, 2.75) is 13.0 Å². The number of thiophene rings is 1. The predicted octanol–water partition coefficient (Wildman–Crippen LogP) is 2.52. The van der Waals surface area contributed by atoms with E-state index in [-0.39, 0.29) is 17.6 Å². The molecule has 0 spiro atoms. The number of aromatic nitrogens is 2. The third kappa shape index (κ3) is 2.83. The summed E-state index contributed by atoms with van der Waals surface area (Å²) in [5, 5.41) is 0.538. The summed E-state index contributed by atoms with van der Waals surface area (Å²) >= 11 is 1.29. The van der Waals surface area contributed by atoms with Crippen molar-refractivity contribution in [3.05, 3.63) is 63.0 Å². The van der Waals surface area contributed by atoms with E-state index < -0.39 is 0 Å². The highest BCUT2D eigenvalue weighted by Gasteiger charge is 2.29. The molecule has 26 heavy (non-hydrogen) atoms. The molecule has 0 aliphatic carbocycles. The molecule has 1 aliphatic rings. The Labute approximate surface area is 154 Å². The predicted molar refractivity (Wildman–Crippen MR) is 101 cm³/mol. The minimum Gasteiger partial charge on any atom is -0.370 e. The molecule has 7 heteroatoms. The molecule has 1 saturated heterocycles. The molecule has 1 aromatic carbocycles. The summed E-state index contributed by atoms with van der Waals surface area (Å²) in [5.41, 5.74) is 1.66. The van der Waals surface area contributed by atoms with Gasteiger partial charge in [-0.1, -0.05) is 30.3 Å². The van der Waals surface area contributed by atoms with Crippen molar-refractivity contribution in [2.75, 3.05) is 19.7 Å². The van der Waals surface area contributed by atoms with Crippen LogP contribution >= 0.6 is 11.3 Å². The van der Waals surface area contributed by atoms with E-state index in [4.69, 9.17) is 4.74 Å². The maximum absolute atomic E-state index is 13.1. The Morgan fingerprint density at radius 1 is 1.31 bits per heavy atom. The number of hydrogen-bond donors (Lipinski definition) is 0. The van der Waals surface area contributed by atoms with Gasteiger partial charge in [0.15, 0.2) is 0 Å². The largest absolute Gasteiger partial charge is 0.370 e. The molecular formula is C19H19N3O3S. The quantitative estimate of drug-likeness (QED) is 0.696. The smallest absolute Gasteiger partial charge is 0.264 e. The first-order chi connectivity index (χ1) is 12.6. The van der Waals surface area contributed by atoms with Gasteiger partial charge in [-0.25, -0.2) is 4.98 Å². The van der Waals surface area contributed by atoms with Gasteiger partial charge in [0, 0.05) is 13.6 Å². The lowest BCUT2D eigenvalue weighted by molar-refractivity contribution is -0.0226. The van der Waals surface area contributed by atoms with Gasteiger partial charge >= 0.3 is 0 Å². The van der Waals surface area contributed by atoms with E-state index in [0.717, 1.165) is 5.56 Å². The van der Waals surface area contributed by atoms with Crippen molar-refractivity contribution in [3.63, 3.8) is 0 Å². The first-order valence-corrected chi connectivity index (χ1v) is 9.28. The fourth-order valence-corrected chi connectivity index (χ4v) is 4.37. The van der Waals surface area contributed by atoms with E-state index in [2.05, 4.69) is 4.98 Å². The molecule has 1 fully saturated rings. The van der Waals surface area contributed by atoms with Crippen molar-refractivity contribution < 1.29 is 9.53 Å². The Morgan fingerprint density at radius 2 is 2.08 bits per heavy atom. The second kappa shape index (κ2) is 6.66. The van der Waals surface area contributed by atoms with E-state index >= 15 is 0 Å². The van der Waals surface area contributed by atoms with Gasteiger partial charge in [-0.15, -0.1) is 11.3 Å². The maximum Gasteiger partial charge on any atom is 0.264 e. The number of morpholine rings is 1. The lowest BCUT2D eigenvalue weighted by atomic mass is 10.1. The topological polar surface area (TPSA) is 64.4 Å². The molecule has 134 valence electrons. The molecule has 1 unspecified atom stereocenters. The Kier molecular flexibility index (Phi) is 4.34. The maximum atomic E-state index is 13.1. The molecule has 4 rings (SSSR count). The van der Waals surface area contributed by atoms with E-state index in [1.807, 2.05) is 42.2 Å². The second-order valence-corrected chi connectivity index (χ2v) is 7.42. The zero-order valence-electron chi connectivity index (χ0n) is 14.6. The van der Waals surface area contributed by atoms with Crippen LogP contribution in [-0.2, 0) is 11.8 Å². The van der Waals surface area contributed by atoms with Crippen LogP contribution in [0, 0.1) is 6.92 Å². The Hall–Kier alpha value is -2.51. The van der Waals surface area contributed by atoms with Crippen LogP contribution in [0.15, 0.2) is 41.5 Å². The molecule has 0 radical (unpaired) electrons. The molecule has 1 atom stereocenters. The monoisotopic (exact) mass is 369 g/mol. The van der Waals surface area contributed by atoms with Gasteiger partial charge in [-0.2, -0.15) is 0 Å². The van der Waals surface area contributed by atoms with Crippen molar-refractivity contribution in [1.29, 1.82) is 0 Å². The minimum absolute atomic E-state index is 0.0585. The van der Waals surface area contributed by atoms with Crippen LogP contribution in [-0.4, -0.2) is 40.1 Å². The number of aryl methyl sites for hydroxylation is 2. The van der Waals surface area contributed by atoms with Crippen LogP contribution in [0.25, 0.3) is 10.2 Å². The van der Waals surface area contributed by atoms with Crippen molar-refractivity contribution in [3.8, 4) is 0 Å². The highest BCUT2D eigenvalue weighted by Crippen LogP contribution is 2.30. The summed E-state index contributed by atoms with van der Waals surface area (Å²) in [6, 6.07) is 9.92. The summed E-state index contributed by atoms with van der Waals surface area (Å²) in [7, 11) is 1.67. The van der Waals surface area contributed by atoms with E-state index in [9.17, 15) is 9.59 Å². The summed E-state index contributed by atoms with van der Waals surface area (Å²) < 4.78 is 7.29. The molecule has 0 N–H and O–H groups in total. The number of ether oxygens (including phenoxy) is 1. The first kappa shape index (κ1) is 16.9. The van der Waals surface area contributed by atoms with Crippen LogP contribution in [0.3, 0.4) is 0 Å². The van der Waals surface area contributed by atoms with Crippen molar-refractivity contribution in [2.24, 2.45) is 7.05 Å². The second-order valence-electron chi connectivity index (χ2n) is 6.42. The van der Waals surface area contributed by atoms with Crippen LogP contribution < -0.4 is 5.56 Å². The van der Waals surface area contributed by atoms with E-state index in [1.165, 1.54) is 22.2 Å². The number of benzene rings is 1. The average Bonchev–Trinajstić information content (AvgIpc) is 3.02. The minimum atomic E-state index is -0.130. The van der Waals surface area contributed by atoms with Gasteiger partial charge in [0.2, 0.25) is 0 Å². The fraction of sp³-hybridized carbons (Fsp3) is 0.316. The number of hydrogen-bond acceptors (Lipinski definition) is 5. The summed E-state index contributed by atoms with van der Waals surface area (Å²) in [6.07, 6.45) is 1.37. The number of fused-ring (bicyclic) bond motifs is 1. The zero-order chi connectivity index (χ0) is 18.3. The average molecular weight is 369 g/mol. The molecule has 2 aromatic heterocycles. The number of amides is 1. The number of carbonyl (C=O) groups is 1. The SMILES string of the molecule is Cc1c(C(=O)N2CCOC(c3ccccc3)C2)sc2ncn(C)c(=O)c12. The molecule has 3 aromatic rings. The zero-order valence-corrected chi connectivity index (χ0v) is 15.5.